The summed E-state index contributed by atoms with van der Waals surface area (Å²) in [5.74, 6) is 0.809. The van der Waals surface area contributed by atoms with Crippen LogP contribution < -0.4 is 19.1 Å². The smallest absolute Gasteiger partial charge is 0.243 e. The molecule has 0 aromatic heterocycles. The van der Waals surface area contributed by atoms with Crippen LogP contribution in [0.2, 0.25) is 0 Å². The zero-order valence-electron chi connectivity index (χ0n) is 17.5. The Morgan fingerprint density at radius 3 is 2.26 bits per heavy atom. The summed E-state index contributed by atoms with van der Waals surface area (Å²) in [4.78, 5) is 16.5. The van der Waals surface area contributed by atoms with Crippen molar-refractivity contribution in [2.24, 2.45) is 0 Å². The van der Waals surface area contributed by atoms with E-state index >= 15 is 0 Å². The number of nitrogens with one attached hydrogen (secondary N) is 1. The van der Waals surface area contributed by atoms with Gasteiger partial charge in [-0.1, -0.05) is 12.1 Å². The summed E-state index contributed by atoms with van der Waals surface area (Å²) in [6.45, 7) is 1.29. The number of hydrogen-bond acceptors (Lipinski definition) is 7. The molecule has 1 aliphatic rings. The van der Waals surface area contributed by atoms with E-state index in [4.69, 9.17) is 9.47 Å². The molecule has 1 atom stereocenters. The van der Waals surface area contributed by atoms with Crippen molar-refractivity contribution in [2.75, 3.05) is 51.9 Å². The van der Waals surface area contributed by atoms with Crippen molar-refractivity contribution in [3.05, 3.63) is 48.5 Å². The second-order valence-electron chi connectivity index (χ2n) is 7.02. The summed E-state index contributed by atoms with van der Waals surface area (Å²) >= 11 is 0. The normalized spacial score (nSPS) is 15.5. The number of benzene rings is 2. The van der Waals surface area contributed by atoms with Gasteiger partial charge in [0.15, 0.2) is 0 Å². The van der Waals surface area contributed by atoms with Gasteiger partial charge in [0.2, 0.25) is 15.9 Å². The first kappa shape index (κ1) is 22.9. The van der Waals surface area contributed by atoms with Gasteiger partial charge in [0, 0.05) is 26.2 Å². The van der Waals surface area contributed by atoms with Gasteiger partial charge in [-0.15, -0.1) is 0 Å². The van der Waals surface area contributed by atoms with E-state index in [9.17, 15) is 18.3 Å². The molecule has 0 radical (unpaired) electrons. The molecular formula is C21H27N3O6S. The predicted octanol–water partition coefficient (Wildman–Crippen LogP) is 0.692. The monoisotopic (exact) mass is 449 g/mol. The van der Waals surface area contributed by atoms with E-state index in [1.807, 2.05) is 24.3 Å². The lowest BCUT2D eigenvalue weighted by Gasteiger charge is -2.37. The number of ether oxygens (including phenoxy) is 2. The van der Waals surface area contributed by atoms with E-state index in [-0.39, 0.29) is 4.90 Å². The van der Waals surface area contributed by atoms with Crippen LogP contribution in [0.3, 0.4) is 0 Å². The van der Waals surface area contributed by atoms with Crippen LogP contribution in [-0.4, -0.2) is 77.4 Å². The van der Waals surface area contributed by atoms with E-state index in [1.54, 1.807) is 12.0 Å². The Morgan fingerprint density at radius 1 is 1.03 bits per heavy atom. The van der Waals surface area contributed by atoms with Gasteiger partial charge in [-0.05, 0) is 36.4 Å². The van der Waals surface area contributed by atoms with Gasteiger partial charge >= 0.3 is 0 Å². The zero-order chi connectivity index (χ0) is 22.4. The average molecular weight is 450 g/mol. The van der Waals surface area contributed by atoms with Crippen LogP contribution in [0.1, 0.15) is 0 Å². The number of carbonyl (C=O) groups excluding carboxylic acids is 1. The van der Waals surface area contributed by atoms with Crippen LogP contribution in [0.5, 0.6) is 11.5 Å². The van der Waals surface area contributed by atoms with Crippen LogP contribution >= 0.6 is 0 Å². The second-order valence-corrected chi connectivity index (χ2v) is 8.73. The van der Waals surface area contributed by atoms with Gasteiger partial charge in [0.05, 0.1) is 31.4 Å². The Kier molecular flexibility index (Phi) is 7.37. The quantitative estimate of drug-likeness (QED) is 0.610. The number of sulfonamides is 1. The van der Waals surface area contributed by atoms with Crippen molar-refractivity contribution in [2.45, 2.75) is 10.9 Å². The first-order valence-corrected chi connectivity index (χ1v) is 11.3. The van der Waals surface area contributed by atoms with Crippen molar-refractivity contribution in [1.82, 2.24) is 9.62 Å². The molecule has 1 amide bonds. The predicted molar refractivity (Wildman–Crippen MR) is 116 cm³/mol. The highest BCUT2D eigenvalue weighted by Gasteiger charge is 2.31. The van der Waals surface area contributed by atoms with Crippen LogP contribution in [0.4, 0.5) is 5.69 Å². The number of methoxy groups -OCH3 is 2. The fourth-order valence-electron chi connectivity index (χ4n) is 3.46. The van der Waals surface area contributed by atoms with Crippen molar-refractivity contribution in [1.29, 1.82) is 0 Å². The minimum absolute atomic E-state index is 0.0134. The van der Waals surface area contributed by atoms with Crippen molar-refractivity contribution in [3.63, 3.8) is 0 Å². The molecule has 0 aliphatic carbocycles. The Balaban J connectivity index is 1.64. The molecular weight excluding hydrogens is 422 g/mol. The molecule has 2 aromatic rings. The topological polar surface area (TPSA) is 108 Å². The maximum Gasteiger partial charge on any atom is 0.243 e. The van der Waals surface area contributed by atoms with Gasteiger partial charge in [-0.25, -0.2) is 8.42 Å². The second kappa shape index (κ2) is 9.99. The number of anilines is 1. The number of aliphatic hydroxyl groups excluding tert-OH is 1. The molecule has 31 heavy (non-hydrogen) atoms. The Bertz CT molecular complexity index is 988. The number of hydrogen-bond donors (Lipinski definition) is 2. The highest BCUT2D eigenvalue weighted by Crippen LogP contribution is 2.28. The fourth-order valence-corrected chi connectivity index (χ4v) is 4.64. The molecule has 10 heteroatoms. The summed E-state index contributed by atoms with van der Waals surface area (Å²) < 4.78 is 38.0. The maximum atomic E-state index is 12.9. The maximum absolute atomic E-state index is 12.9. The molecule has 168 valence electrons. The van der Waals surface area contributed by atoms with E-state index in [0.29, 0.717) is 31.9 Å². The minimum Gasteiger partial charge on any atom is -0.497 e. The van der Waals surface area contributed by atoms with Gasteiger partial charge in [0.25, 0.3) is 0 Å². The van der Waals surface area contributed by atoms with Gasteiger partial charge in [0.1, 0.15) is 17.5 Å². The third kappa shape index (κ3) is 5.27. The number of aliphatic hydroxyl groups is 1. The van der Waals surface area contributed by atoms with Gasteiger partial charge in [-0.2, -0.15) is 4.72 Å². The number of para-hydroxylation sites is 2. The number of rotatable bonds is 8. The molecule has 0 spiro atoms. The third-order valence-electron chi connectivity index (χ3n) is 5.17. The molecule has 1 unspecified atom stereocenters. The summed E-state index contributed by atoms with van der Waals surface area (Å²) in [5.41, 5.74) is 0.941. The lowest BCUT2D eigenvalue weighted by molar-refractivity contribution is -0.134. The summed E-state index contributed by atoms with van der Waals surface area (Å²) in [7, 11) is -0.891. The highest BCUT2D eigenvalue weighted by atomic mass is 32.2. The molecule has 2 aromatic carbocycles. The van der Waals surface area contributed by atoms with Gasteiger partial charge in [-0.3, -0.25) is 4.79 Å². The molecule has 0 saturated carbocycles. The van der Waals surface area contributed by atoms with Crippen molar-refractivity contribution >= 4 is 21.6 Å². The van der Waals surface area contributed by atoms with Crippen LogP contribution in [0.25, 0.3) is 0 Å². The first-order valence-electron chi connectivity index (χ1n) is 9.83. The summed E-state index contributed by atoms with van der Waals surface area (Å²) in [6, 6.07) is 12.2. The SMILES string of the molecule is COc1ccc(S(=O)(=O)NC(CO)C(=O)N2CCN(c3ccccc3OC)CC2)cc1. The van der Waals surface area contributed by atoms with Crippen molar-refractivity contribution < 1.29 is 27.8 Å². The number of carbonyl (C=O) groups is 1. The molecule has 1 aliphatic heterocycles. The first-order chi connectivity index (χ1) is 14.9. The number of amides is 1. The van der Waals surface area contributed by atoms with Crippen molar-refractivity contribution in [3.8, 4) is 11.5 Å². The molecule has 0 bridgehead atoms. The fraction of sp³-hybridized carbons (Fsp3) is 0.381. The lowest BCUT2D eigenvalue weighted by atomic mass is 10.2. The molecule has 2 N–H and O–H groups in total. The molecule has 3 rings (SSSR count). The Labute approximate surface area is 182 Å². The standard InChI is InChI=1S/C21H27N3O6S/c1-29-16-7-9-17(10-8-16)31(27,28)22-18(15-25)21(26)24-13-11-23(12-14-24)19-5-3-4-6-20(19)30-2/h3-10,18,22,25H,11-15H2,1-2H3. The molecule has 9 nitrogen and oxygen atoms in total. The molecule has 1 saturated heterocycles. The zero-order valence-corrected chi connectivity index (χ0v) is 18.3. The lowest BCUT2D eigenvalue weighted by Crippen LogP contribution is -2.56. The third-order valence-corrected chi connectivity index (χ3v) is 6.65. The minimum atomic E-state index is -3.98. The van der Waals surface area contributed by atoms with Crippen LogP contribution in [0, 0.1) is 0 Å². The Morgan fingerprint density at radius 2 is 1.68 bits per heavy atom. The van der Waals surface area contributed by atoms with E-state index in [2.05, 4.69) is 9.62 Å². The number of piperazine rings is 1. The largest absolute Gasteiger partial charge is 0.497 e. The summed E-state index contributed by atoms with van der Waals surface area (Å²) in [5, 5.41) is 9.70. The van der Waals surface area contributed by atoms with Crippen LogP contribution in [0.15, 0.2) is 53.4 Å². The van der Waals surface area contributed by atoms with E-state index in [1.165, 1.54) is 31.4 Å². The average Bonchev–Trinajstić information content (AvgIpc) is 2.82. The highest BCUT2D eigenvalue weighted by molar-refractivity contribution is 7.89. The van der Waals surface area contributed by atoms with Gasteiger partial charge < -0.3 is 24.4 Å². The molecule has 1 fully saturated rings. The van der Waals surface area contributed by atoms with Crippen LogP contribution in [-0.2, 0) is 14.8 Å². The van der Waals surface area contributed by atoms with E-state index < -0.39 is 28.6 Å². The number of nitrogens with zero attached hydrogens (tertiary/aromatic N) is 2. The van der Waals surface area contributed by atoms with E-state index in [0.717, 1.165) is 11.4 Å². The summed E-state index contributed by atoms with van der Waals surface area (Å²) in [6.07, 6.45) is 0. The molecule has 1 heterocycles. The Hall–Kier alpha value is -2.82.